The van der Waals surface area contributed by atoms with Crippen molar-refractivity contribution in [2.75, 3.05) is 0 Å². The summed E-state index contributed by atoms with van der Waals surface area (Å²) in [5.74, 6) is 0.189. The van der Waals surface area contributed by atoms with Crippen LogP contribution in [0.4, 0.5) is 0 Å². The van der Waals surface area contributed by atoms with Gasteiger partial charge in [-0.25, -0.2) is 0 Å². The Morgan fingerprint density at radius 3 is 2.50 bits per heavy atom. The lowest BCUT2D eigenvalue weighted by Crippen LogP contribution is -2.26. The highest BCUT2D eigenvalue weighted by atomic mass is 79.9. The van der Waals surface area contributed by atoms with Gasteiger partial charge in [0.05, 0.1) is 6.04 Å². The molecule has 0 radical (unpaired) electrons. The fraction of sp³-hybridized carbons (Fsp3) is 0.167. The first kappa shape index (κ1) is 14.9. The minimum atomic E-state index is -0.191. The summed E-state index contributed by atoms with van der Waals surface area (Å²) in [4.78, 5) is 12.5. The van der Waals surface area contributed by atoms with Crippen LogP contribution in [0.5, 0.6) is 0 Å². The molecule has 0 aliphatic heterocycles. The molecule has 0 aliphatic rings. The number of aryl methyl sites for hydroxylation is 1. The average molecular weight is 358 g/mol. The zero-order valence-corrected chi connectivity index (χ0v) is 14.0. The molecule has 2 aromatic carbocycles. The standard InChI is InChI=1S/C18H16BrNO2/c1-11-15-5-3-4-6-16(15)22-17(11)18(21)20-12(2)13-7-9-14(19)10-8-13/h3-10,12H,1-2H3,(H,20,21). The van der Waals surface area contributed by atoms with Crippen molar-refractivity contribution in [2.24, 2.45) is 0 Å². The van der Waals surface area contributed by atoms with E-state index in [1.165, 1.54) is 0 Å². The van der Waals surface area contributed by atoms with E-state index in [-0.39, 0.29) is 11.9 Å². The van der Waals surface area contributed by atoms with Crippen LogP contribution < -0.4 is 5.32 Å². The number of benzene rings is 2. The predicted octanol–water partition coefficient (Wildman–Crippen LogP) is 4.99. The first-order valence-electron chi connectivity index (χ1n) is 7.10. The molecule has 3 rings (SSSR count). The minimum Gasteiger partial charge on any atom is -0.451 e. The van der Waals surface area contributed by atoms with Gasteiger partial charge in [-0.3, -0.25) is 4.79 Å². The van der Waals surface area contributed by atoms with Crippen LogP contribution in [0.1, 0.15) is 34.6 Å². The first-order chi connectivity index (χ1) is 10.6. The molecule has 0 spiro atoms. The number of amides is 1. The van der Waals surface area contributed by atoms with E-state index in [1.807, 2.05) is 62.4 Å². The molecule has 1 aromatic heterocycles. The van der Waals surface area contributed by atoms with E-state index in [4.69, 9.17) is 4.42 Å². The number of hydrogen-bond acceptors (Lipinski definition) is 2. The summed E-state index contributed by atoms with van der Waals surface area (Å²) in [7, 11) is 0. The van der Waals surface area contributed by atoms with Gasteiger partial charge >= 0.3 is 0 Å². The van der Waals surface area contributed by atoms with Crippen LogP contribution in [-0.2, 0) is 0 Å². The number of rotatable bonds is 3. The monoisotopic (exact) mass is 357 g/mol. The Bertz CT molecular complexity index is 821. The van der Waals surface area contributed by atoms with Gasteiger partial charge in [0.15, 0.2) is 5.76 Å². The Hall–Kier alpha value is -2.07. The lowest BCUT2D eigenvalue weighted by Gasteiger charge is -2.13. The summed E-state index contributed by atoms with van der Waals surface area (Å²) in [5, 5.41) is 3.96. The molecular formula is C18H16BrNO2. The number of para-hydroxylation sites is 1. The third-order valence-corrected chi connectivity index (χ3v) is 4.30. The van der Waals surface area contributed by atoms with Crippen LogP contribution >= 0.6 is 15.9 Å². The van der Waals surface area contributed by atoms with Crippen molar-refractivity contribution < 1.29 is 9.21 Å². The van der Waals surface area contributed by atoms with Crippen molar-refractivity contribution >= 4 is 32.8 Å². The van der Waals surface area contributed by atoms with E-state index in [2.05, 4.69) is 21.2 Å². The number of halogens is 1. The summed E-state index contributed by atoms with van der Waals surface area (Å²) in [5.41, 5.74) is 2.66. The van der Waals surface area contributed by atoms with Crippen molar-refractivity contribution in [2.45, 2.75) is 19.9 Å². The SMILES string of the molecule is Cc1c(C(=O)NC(C)c2ccc(Br)cc2)oc2ccccc12. The van der Waals surface area contributed by atoms with Crippen molar-refractivity contribution in [3.63, 3.8) is 0 Å². The fourth-order valence-electron chi connectivity index (χ4n) is 2.49. The number of carbonyl (C=O) groups is 1. The molecule has 0 saturated carbocycles. The summed E-state index contributed by atoms with van der Waals surface area (Å²) >= 11 is 3.41. The molecule has 112 valence electrons. The van der Waals surface area contributed by atoms with Crippen LogP contribution in [0, 0.1) is 6.92 Å². The van der Waals surface area contributed by atoms with Crippen LogP contribution in [0.2, 0.25) is 0 Å². The third kappa shape index (κ3) is 2.79. The number of nitrogens with one attached hydrogen (secondary N) is 1. The Morgan fingerprint density at radius 2 is 1.82 bits per heavy atom. The molecule has 22 heavy (non-hydrogen) atoms. The second-order valence-electron chi connectivity index (χ2n) is 5.30. The van der Waals surface area contributed by atoms with Crippen LogP contribution in [0.3, 0.4) is 0 Å². The van der Waals surface area contributed by atoms with Crippen LogP contribution in [0.15, 0.2) is 57.4 Å². The summed E-state index contributed by atoms with van der Waals surface area (Å²) in [6.45, 7) is 3.87. The third-order valence-electron chi connectivity index (χ3n) is 3.77. The topological polar surface area (TPSA) is 42.2 Å². The van der Waals surface area contributed by atoms with E-state index in [0.717, 1.165) is 26.6 Å². The number of carbonyl (C=O) groups excluding carboxylic acids is 1. The molecule has 1 N–H and O–H groups in total. The molecule has 3 aromatic rings. The second kappa shape index (κ2) is 5.97. The second-order valence-corrected chi connectivity index (χ2v) is 6.21. The summed E-state index contributed by atoms with van der Waals surface area (Å²) in [6.07, 6.45) is 0. The molecule has 4 heteroatoms. The maximum absolute atomic E-state index is 12.5. The number of hydrogen-bond donors (Lipinski definition) is 1. The fourth-order valence-corrected chi connectivity index (χ4v) is 2.75. The van der Waals surface area contributed by atoms with E-state index in [0.29, 0.717) is 5.76 Å². The zero-order valence-electron chi connectivity index (χ0n) is 12.4. The Kier molecular flexibility index (Phi) is 4.03. The van der Waals surface area contributed by atoms with E-state index in [9.17, 15) is 4.79 Å². The summed E-state index contributed by atoms with van der Waals surface area (Å²) in [6, 6.07) is 15.5. The predicted molar refractivity (Wildman–Crippen MR) is 91.0 cm³/mol. The van der Waals surface area contributed by atoms with E-state index in [1.54, 1.807) is 0 Å². The van der Waals surface area contributed by atoms with Gasteiger partial charge in [-0.2, -0.15) is 0 Å². The van der Waals surface area contributed by atoms with Gasteiger partial charge in [0.25, 0.3) is 5.91 Å². The van der Waals surface area contributed by atoms with E-state index >= 15 is 0 Å². The highest BCUT2D eigenvalue weighted by molar-refractivity contribution is 9.10. The van der Waals surface area contributed by atoms with Crippen LogP contribution in [-0.4, -0.2) is 5.91 Å². The molecular weight excluding hydrogens is 342 g/mol. The lowest BCUT2D eigenvalue weighted by atomic mass is 10.1. The van der Waals surface area contributed by atoms with Crippen molar-refractivity contribution in [3.8, 4) is 0 Å². The quantitative estimate of drug-likeness (QED) is 0.716. The Morgan fingerprint density at radius 1 is 1.14 bits per heavy atom. The molecule has 0 fully saturated rings. The van der Waals surface area contributed by atoms with Gasteiger partial charge in [-0.1, -0.05) is 46.3 Å². The molecule has 1 atom stereocenters. The lowest BCUT2D eigenvalue weighted by molar-refractivity contribution is 0.0913. The van der Waals surface area contributed by atoms with Gasteiger partial charge in [-0.15, -0.1) is 0 Å². The normalized spacial score (nSPS) is 12.3. The van der Waals surface area contributed by atoms with Gasteiger partial charge in [-0.05, 0) is 37.6 Å². The van der Waals surface area contributed by atoms with Crippen molar-refractivity contribution in [3.05, 3.63) is 69.9 Å². The number of furan rings is 1. The highest BCUT2D eigenvalue weighted by Crippen LogP contribution is 2.25. The average Bonchev–Trinajstić information content (AvgIpc) is 2.85. The molecule has 0 saturated heterocycles. The minimum absolute atomic E-state index is 0.0896. The molecule has 3 nitrogen and oxygen atoms in total. The van der Waals surface area contributed by atoms with E-state index < -0.39 is 0 Å². The maximum atomic E-state index is 12.5. The zero-order chi connectivity index (χ0) is 15.7. The summed E-state index contributed by atoms with van der Waals surface area (Å²) < 4.78 is 6.71. The smallest absolute Gasteiger partial charge is 0.287 e. The van der Waals surface area contributed by atoms with Crippen molar-refractivity contribution in [1.29, 1.82) is 0 Å². The Labute approximate surface area is 137 Å². The molecule has 1 amide bonds. The molecule has 1 unspecified atom stereocenters. The van der Waals surface area contributed by atoms with Gasteiger partial charge in [0, 0.05) is 15.4 Å². The van der Waals surface area contributed by atoms with Gasteiger partial charge < -0.3 is 9.73 Å². The highest BCUT2D eigenvalue weighted by Gasteiger charge is 2.19. The first-order valence-corrected chi connectivity index (χ1v) is 7.90. The Balaban J connectivity index is 1.84. The van der Waals surface area contributed by atoms with Crippen molar-refractivity contribution in [1.82, 2.24) is 5.32 Å². The van der Waals surface area contributed by atoms with Gasteiger partial charge in [0.1, 0.15) is 5.58 Å². The maximum Gasteiger partial charge on any atom is 0.287 e. The molecule has 0 aliphatic carbocycles. The molecule has 0 bridgehead atoms. The van der Waals surface area contributed by atoms with Gasteiger partial charge in [0.2, 0.25) is 0 Å². The molecule has 1 heterocycles. The largest absolute Gasteiger partial charge is 0.451 e. The van der Waals surface area contributed by atoms with Crippen LogP contribution in [0.25, 0.3) is 11.0 Å². The number of fused-ring (bicyclic) bond motifs is 1.